The molecule has 2 unspecified atom stereocenters. The van der Waals surface area contributed by atoms with Crippen LogP contribution in [0.25, 0.3) is 0 Å². The van der Waals surface area contributed by atoms with Crippen molar-refractivity contribution in [2.45, 2.75) is 41.9 Å². The normalized spacial score (nSPS) is 26.2. The van der Waals surface area contributed by atoms with Crippen LogP contribution in [0.2, 0.25) is 0 Å². The van der Waals surface area contributed by atoms with Crippen LogP contribution in [0.15, 0.2) is 23.1 Å². The molecule has 1 N–H and O–H groups in total. The predicted molar refractivity (Wildman–Crippen MR) is 78.4 cm³/mol. The third-order valence-corrected chi connectivity index (χ3v) is 5.10. The van der Waals surface area contributed by atoms with E-state index in [4.69, 9.17) is 9.47 Å². The molecule has 0 spiro atoms. The van der Waals surface area contributed by atoms with E-state index in [1.165, 1.54) is 24.2 Å². The molecule has 2 atom stereocenters. The van der Waals surface area contributed by atoms with E-state index in [0.29, 0.717) is 6.04 Å². The summed E-state index contributed by atoms with van der Waals surface area (Å²) in [5, 5.41) is 4.10. The van der Waals surface area contributed by atoms with Gasteiger partial charge in [-0.3, -0.25) is 0 Å². The number of hydrogen-bond donors (Lipinski definition) is 1. The van der Waals surface area contributed by atoms with E-state index in [9.17, 15) is 0 Å². The van der Waals surface area contributed by atoms with Gasteiger partial charge < -0.3 is 14.8 Å². The Morgan fingerprint density at radius 3 is 2.79 bits per heavy atom. The number of fused-ring (bicyclic) bond motifs is 1. The first-order chi connectivity index (χ1) is 9.35. The van der Waals surface area contributed by atoms with E-state index in [-0.39, 0.29) is 0 Å². The van der Waals surface area contributed by atoms with Gasteiger partial charge in [-0.2, -0.15) is 0 Å². The third-order valence-electron chi connectivity index (χ3n) is 3.81. The molecule has 1 fully saturated rings. The van der Waals surface area contributed by atoms with E-state index >= 15 is 0 Å². The van der Waals surface area contributed by atoms with Crippen LogP contribution in [0, 0.1) is 0 Å². The number of nitrogens with one attached hydrogen (secondary N) is 1. The van der Waals surface area contributed by atoms with Crippen LogP contribution < -0.4 is 14.8 Å². The molecule has 0 amide bonds. The Morgan fingerprint density at radius 1 is 1.16 bits per heavy atom. The molecular weight excluding hydrogens is 258 g/mol. The van der Waals surface area contributed by atoms with Crippen molar-refractivity contribution in [1.82, 2.24) is 5.32 Å². The minimum Gasteiger partial charge on any atom is -0.490 e. The van der Waals surface area contributed by atoms with E-state index in [0.717, 1.165) is 36.4 Å². The van der Waals surface area contributed by atoms with Crippen LogP contribution in [0.1, 0.15) is 25.7 Å². The summed E-state index contributed by atoms with van der Waals surface area (Å²) in [7, 11) is 2.06. The SMILES string of the molecule is CNC1CCC(Sc2ccc3c(c2)OCCCO3)C1. The van der Waals surface area contributed by atoms with Gasteiger partial charge in [-0.15, -0.1) is 11.8 Å². The van der Waals surface area contributed by atoms with Gasteiger partial charge in [-0.25, -0.2) is 0 Å². The molecular formula is C15H21NO2S. The molecule has 0 bridgehead atoms. The van der Waals surface area contributed by atoms with Crippen molar-refractivity contribution >= 4 is 11.8 Å². The summed E-state index contributed by atoms with van der Waals surface area (Å²) in [6.45, 7) is 1.51. The minimum absolute atomic E-state index is 0.693. The van der Waals surface area contributed by atoms with Crippen LogP contribution in [0.5, 0.6) is 11.5 Å². The molecule has 19 heavy (non-hydrogen) atoms. The number of hydrogen-bond acceptors (Lipinski definition) is 4. The highest BCUT2D eigenvalue weighted by molar-refractivity contribution is 8.00. The maximum Gasteiger partial charge on any atom is 0.162 e. The van der Waals surface area contributed by atoms with Crippen molar-refractivity contribution in [3.63, 3.8) is 0 Å². The van der Waals surface area contributed by atoms with Gasteiger partial charge in [0.1, 0.15) is 0 Å². The Bertz CT molecular complexity index is 438. The number of ether oxygens (including phenoxy) is 2. The average Bonchev–Trinajstić information content (AvgIpc) is 2.75. The molecule has 3 rings (SSSR count). The van der Waals surface area contributed by atoms with Crippen LogP contribution in [-0.4, -0.2) is 31.6 Å². The van der Waals surface area contributed by atoms with E-state index in [2.05, 4.69) is 24.5 Å². The lowest BCUT2D eigenvalue weighted by Crippen LogP contribution is -2.21. The van der Waals surface area contributed by atoms with Crippen molar-refractivity contribution in [2.24, 2.45) is 0 Å². The van der Waals surface area contributed by atoms with Crippen LogP contribution in [0.4, 0.5) is 0 Å². The van der Waals surface area contributed by atoms with Crippen molar-refractivity contribution in [2.75, 3.05) is 20.3 Å². The third kappa shape index (κ3) is 3.18. The van der Waals surface area contributed by atoms with Crippen molar-refractivity contribution in [3.05, 3.63) is 18.2 Å². The van der Waals surface area contributed by atoms with E-state index in [1.54, 1.807) is 0 Å². The van der Waals surface area contributed by atoms with Crippen LogP contribution >= 0.6 is 11.8 Å². The number of thioether (sulfide) groups is 1. The monoisotopic (exact) mass is 279 g/mol. The van der Waals surface area contributed by atoms with Gasteiger partial charge in [0.15, 0.2) is 11.5 Å². The molecule has 1 aromatic carbocycles. The van der Waals surface area contributed by atoms with E-state index < -0.39 is 0 Å². The topological polar surface area (TPSA) is 30.5 Å². The second-order valence-electron chi connectivity index (χ2n) is 5.20. The number of benzene rings is 1. The summed E-state index contributed by atoms with van der Waals surface area (Å²) in [4.78, 5) is 1.30. The smallest absolute Gasteiger partial charge is 0.162 e. The van der Waals surface area contributed by atoms with E-state index in [1.807, 2.05) is 17.8 Å². The zero-order valence-corrected chi connectivity index (χ0v) is 12.2. The fourth-order valence-corrected chi connectivity index (χ4v) is 4.01. The van der Waals surface area contributed by atoms with Gasteiger partial charge in [0.05, 0.1) is 13.2 Å². The van der Waals surface area contributed by atoms with Gasteiger partial charge >= 0.3 is 0 Å². The highest BCUT2D eigenvalue weighted by Gasteiger charge is 2.24. The van der Waals surface area contributed by atoms with Crippen molar-refractivity contribution in [3.8, 4) is 11.5 Å². The Kier molecular flexibility index (Phi) is 4.18. The molecule has 0 radical (unpaired) electrons. The largest absolute Gasteiger partial charge is 0.490 e. The summed E-state index contributed by atoms with van der Waals surface area (Å²) in [6.07, 6.45) is 4.81. The number of rotatable bonds is 3. The summed E-state index contributed by atoms with van der Waals surface area (Å²) < 4.78 is 11.4. The van der Waals surface area contributed by atoms with Gasteiger partial charge in [0.25, 0.3) is 0 Å². The Morgan fingerprint density at radius 2 is 2.00 bits per heavy atom. The maximum atomic E-state index is 5.75. The molecule has 1 aromatic rings. The Labute approximate surface area is 119 Å². The maximum absolute atomic E-state index is 5.75. The predicted octanol–water partition coefficient (Wildman–Crippen LogP) is 3.08. The molecule has 1 aliphatic carbocycles. The summed E-state index contributed by atoms with van der Waals surface area (Å²) in [6, 6.07) is 7.04. The zero-order chi connectivity index (χ0) is 13.1. The second kappa shape index (κ2) is 6.06. The lowest BCUT2D eigenvalue weighted by molar-refractivity contribution is 0.297. The van der Waals surface area contributed by atoms with Crippen molar-refractivity contribution in [1.29, 1.82) is 0 Å². The highest BCUT2D eigenvalue weighted by Crippen LogP contribution is 2.39. The standard InChI is InChI=1S/C15H21NO2S/c1-16-11-3-4-12(9-11)19-13-5-6-14-15(10-13)18-8-2-7-17-14/h5-6,10-12,16H,2-4,7-9H2,1H3. The first-order valence-electron chi connectivity index (χ1n) is 7.09. The average molecular weight is 279 g/mol. The molecule has 4 heteroatoms. The fourth-order valence-electron chi connectivity index (χ4n) is 2.72. The summed E-state index contributed by atoms with van der Waals surface area (Å²) in [5.41, 5.74) is 0. The van der Waals surface area contributed by atoms with Gasteiger partial charge in [0.2, 0.25) is 0 Å². The summed E-state index contributed by atoms with van der Waals surface area (Å²) >= 11 is 1.97. The zero-order valence-electron chi connectivity index (χ0n) is 11.4. The first-order valence-corrected chi connectivity index (χ1v) is 7.96. The Balaban J connectivity index is 1.67. The molecule has 1 heterocycles. The minimum atomic E-state index is 0.693. The first kappa shape index (κ1) is 13.1. The van der Waals surface area contributed by atoms with Gasteiger partial charge in [-0.05, 0) is 44.5 Å². The van der Waals surface area contributed by atoms with Crippen LogP contribution in [0.3, 0.4) is 0 Å². The lowest BCUT2D eigenvalue weighted by atomic mass is 10.3. The molecule has 3 nitrogen and oxygen atoms in total. The molecule has 0 aromatic heterocycles. The van der Waals surface area contributed by atoms with Gasteiger partial charge in [0, 0.05) is 22.6 Å². The molecule has 2 aliphatic rings. The molecule has 104 valence electrons. The fraction of sp³-hybridized carbons (Fsp3) is 0.600. The highest BCUT2D eigenvalue weighted by atomic mass is 32.2. The van der Waals surface area contributed by atoms with Crippen molar-refractivity contribution < 1.29 is 9.47 Å². The van der Waals surface area contributed by atoms with Crippen LogP contribution in [-0.2, 0) is 0 Å². The lowest BCUT2D eigenvalue weighted by Gasteiger charge is -2.13. The quantitative estimate of drug-likeness (QED) is 0.921. The molecule has 0 saturated heterocycles. The summed E-state index contributed by atoms with van der Waals surface area (Å²) in [5.74, 6) is 1.80. The molecule has 1 aliphatic heterocycles. The second-order valence-corrected chi connectivity index (χ2v) is 6.57. The molecule has 1 saturated carbocycles. The van der Waals surface area contributed by atoms with Gasteiger partial charge in [-0.1, -0.05) is 0 Å². The Hall–Kier alpha value is -0.870.